The van der Waals surface area contributed by atoms with E-state index in [0.29, 0.717) is 10.6 Å². The van der Waals surface area contributed by atoms with Gasteiger partial charge in [-0.1, -0.05) is 22.9 Å². The summed E-state index contributed by atoms with van der Waals surface area (Å²) in [5.74, 6) is 0.128. The lowest BCUT2D eigenvalue weighted by molar-refractivity contribution is -0.388. The Labute approximate surface area is 183 Å². The highest BCUT2D eigenvalue weighted by Gasteiger charge is 2.15. The van der Waals surface area contributed by atoms with E-state index in [4.69, 9.17) is 9.47 Å². The predicted molar refractivity (Wildman–Crippen MR) is 113 cm³/mol. The minimum atomic E-state index is -0.940. The number of aromatic nitrogens is 1. The normalized spacial score (nSPS) is 10.3. The molecule has 0 atom stereocenters. The van der Waals surface area contributed by atoms with Crippen LogP contribution in [0, 0.1) is 20.2 Å². The summed E-state index contributed by atoms with van der Waals surface area (Å²) in [5.41, 5.74) is 0.532. The standard InChI is InChI=1S/C19H13N3O7S2/c23-19(29-15-7-5-14(6-8-15)21(24)25)28-12-13-3-9-16(10-4-13)30-31-18-17(22(26)27)2-1-11-20-18/h1-11H,12H2. The third-order valence-corrected chi connectivity index (χ3v) is 6.01. The van der Waals surface area contributed by atoms with Crippen molar-refractivity contribution in [2.24, 2.45) is 0 Å². The molecular formula is C19H13N3O7S2. The zero-order valence-electron chi connectivity index (χ0n) is 15.6. The van der Waals surface area contributed by atoms with Crippen molar-refractivity contribution in [3.05, 3.63) is 92.7 Å². The molecule has 0 bridgehead atoms. The predicted octanol–water partition coefficient (Wildman–Crippen LogP) is 5.41. The Morgan fingerprint density at radius 1 is 0.935 bits per heavy atom. The average Bonchev–Trinajstić information content (AvgIpc) is 2.77. The van der Waals surface area contributed by atoms with Crippen LogP contribution in [0.4, 0.5) is 16.2 Å². The topological polar surface area (TPSA) is 135 Å². The lowest BCUT2D eigenvalue weighted by atomic mass is 10.2. The van der Waals surface area contributed by atoms with Crippen molar-refractivity contribution in [3.63, 3.8) is 0 Å². The summed E-state index contributed by atoms with van der Waals surface area (Å²) in [5, 5.41) is 21.9. The number of ether oxygens (including phenoxy) is 2. The number of nitro benzene ring substituents is 1. The van der Waals surface area contributed by atoms with E-state index in [9.17, 15) is 25.0 Å². The van der Waals surface area contributed by atoms with Gasteiger partial charge in [0.15, 0.2) is 5.03 Å². The fourth-order valence-electron chi connectivity index (χ4n) is 2.22. The Bertz CT molecular complexity index is 1090. The molecule has 0 saturated heterocycles. The first-order valence-electron chi connectivity index (χ1n) is 8.54. The maximum atomic E-state index is 11.8. The highest BCUT2D eigenvalue weighted by molar-refractivity contribution is 8.76. The SMILES string of the molecule is O=C(OCc1ccc(SSc2ncccc2[N+](=O)[O-])cc1)Oc1ccc([N+](=O)[O-])cc1. The van der Waals surface area contributed by atoms with Crippen LogP contribution in [0.1, 0.15) is 5.56 Å². The summed E-state index contributed by atoms with van der Waals surface area (Å²) in [7, 11) is 2.49. The molecular weight excluding hydrogens is 446 g/mol. The van der Waals surface area contributed by atoms with Gasteiger partial charge in [-0.2, -0.15) is 0 Å². The molecule has 1 heterocycles. The molecule has 0 unspecified atom stereocenters. The fraction of sp³-hybridized carbons (Fsp3) is 0.0526. The molecule has 2 aromatic carbocycles. The van der Waals surface area contributed by atoms with Gasteiger partial charge in [-0.3, -0.25) is 20.2 Å². The summed E-state index contributed by atoms with van der Waals surface area (Å²) in [6.07, 6.45) is 0.553. The lowest BCUT2D eigenvalue weighted by Crippen LogP contribution is -2.10. The van der Waals surface area contributed by atoms with Crippen LogP contribution < -0.4 is 4.74 Å². The van der Waals surface area contributed by atoms with Gasteiger partial charge in [0.1, 0.15) is 12.4 Å². The van der Waals surface area contributed by atoms with Crippen molar-refractivity contribution in [1.82, 2.24) is 4.98 Å². The molecule has 10 nitrogen and oxygen atoms in total. The molecule has 0 amide bonds. The third kappa shape index (κ3) is 6.42. The quantitative estimate of drug-likeness (QED) is 0.141. The fourth-order valence-corrected chi connectivity index (χ4v) is 4.22. The minimum Gasteiger partial charge on any atom is -0.429 e. The number of hydrogen-bond acceptors (Lipinski definition) is 10. The van der Waals surface area contributed by atoms with Crippen LogP contribution >= 0.6 is 21.6 Å². The van der Waals surface area contributed by atoms with Gasteiger partial charge in [-0.15, -0.1) is 0 Å². The average molecular weight is 459 g/mol. The van der Waals surface area contributed by atoms with Gasteiger partial charge >= 0.3 is 11.8 Å². The number of carbonyl (C=O) groups is 1. The van der Waals surface area contributed by atoms with Gasteiger partial charge in [0.2, 0.25) is 0 Å². The number of pyridine rings is 1. The number of non-ortho nitro benzene ring substituents is 1. The van der Waals surface area contributed by atoms with E-state index in [0.717, 1.165) is 4.90 Å². The Balaban J connectivity index is 1.48. The van der Waals surface area contributed by atoms with E-state index < -0.39 is 16.0 Å². The summed E-state index contributed by atoms with van der Waals surface area (Å²) in [6.45, 7) is -0.0321. The number of nitro groups is 2. The summed E-state index contributed by atoms with van der Waals surface area (Å²) < 4.78 is 9.99. The van der Waals surface area contributed by atoms with Gasteiger partial charge in [-0.05, 0) is 46.7 Å². The second kappa shape index (κ2) is 10.4. The third-order valence-electron chi connectivity index (χ3n) is 3.69. The van der Waals surface area contributed by atoms with Gasteiger partial charge < -0.3 is 9.47 Å². The van der Waals surface area contributed by atoms with Crippen LogP contribution in [0.5, 0.6) is 5.75 Å². The smallest absolute Gasteiger partial charge is 0.429 e. The number of hydrogen-bond donors (Lipinski definition) is 0. The van der Waals surface area contributed by atoms with Crippen LogP contribution in [-0.2, 0) is 11.3 Å². The molecule has 0 saturated carbocycles. The Morgan fingerprint density at radius 3 is 2.29 bits per heavy atom. The highest BCUT2D eigenvalue weighted by atomic mass is 33.1. The molecule has 31 heavy (non-hydrogen) atoms. The van der Waals surface area contributed by atoms with E-state index in [1.807, 2.05) is 0 Å². The van der Waals surface area contributed by atoms with Crippen LogP contribution in [0.15, 0.2) is 76.8 Å². The first kappa shape index (κ1) is 22.1. The van der Waals surface area contributed by atoms with Crippen LogP contribution in [0.25, 0.3) is 0 Å². The molecule has 0 aliphatic carbocycles. The van der Waals surface area contributed by atoms with E-state index in [2.05, 4.69) is 4.98 Å². The monoisotopic (exact) mass is 459 g/mol. The molecule has 0 aliphatic rings. The molecule has 3 aromatic rings. The van der Waals surface area contributed by atoms with Crippen molar-refractivity contribution in [1.29, 1.82) is 0 Å². The second-order valence-electron chi connectivity index (χ2n) is 5.79. The molecule has 158 valence electrons. The van der Waals surface area contributed by atoms with E-state index in [1.165, 1.54) is 64.2 Å². The minimum absolute atomic E-state index is 0.0321. The largest absolute Gasteiger partial charge is 0.514 e. The van der Waals surface area contributed by atoms with Crippen LogP contribution in [0.3, 0.4) is 0 Å². The van der Waals surface area contributed by atoms with Crippen LogP contribution in [-0.4, -0.2) is 21.0 Å². The maximum absolute atomic E-state index is 11.8. The second-order valence-corrected chi connectivity index (χ2v) is 7.98. The zero-order valence-corrected chi connectivity index (χ0v) is 17.2. The van der Waals surface area contributed by atoms with E-state index in [1.54, 1.807) is 24.3 Å². The van der Waals surface area contributed by atoms with E-state index in [-0.39, 0.29) is 23.7 Å². The Morgan fingerprint density at radius 2 is 1.65 bits per heavy atom. The van der Waals surface area contributed by atoms with Crippen molar-refractivity contribution in [2.45, 2.75) is 16.5 Å². The number of carbonyl (C=O) groups excluding carboxylic acids is 1. The molecule has 0 N–H and O–H groups in total. The number of nitrogens with zero attached hydrogens (tertiary/aromatic N) is 3. The molecule has 12 heteroatoms. The molecule has 0 fully saturated rings. The Hall–Kier alpha value is -3.64. The first-order chi connectivity index (χ1) is 14.9. The number of rotatable bonds is 8. The highest BCUT2D eigenvalue weighted by Crippen LogP contribution is 2.40. The van der Waals surface area contributed by atoms with Gasteiger partial charge in [-0.25, -0.2) is 9.78 Å². The summed E-state index contributed by atoms with van der Waals surface area (Å²) >= 11 is 0. The maximum Gasteiger partial charge on any atom is 0.514 e. The van der Waals surface area contributed by atoms with Gasteiger partial charge in [0.25, 0.3) is 5.69 Å². The summed E-state index contributed by atoms with van der Waals surface area (Å²) in [6, 6.07) is 15.0. The zero-order chi connectivity index (χ0) is 22.2. The van der Waals surface area contributed by atoms with Crippen molar-refractivity contribution >= 4 is 39.1 Å². The van der Waals surface area contributed by atoms with Crippen molar-refractivity contribution in [3.8, 4) is 5.75 Å². The molecule has 0 aliphatic heterocycles. The first-order valence-corrected chi connectivity index (χ1v) is 10.7. The number of benzene rings is 2. The van der Waals surface area contributed by atoms with E-state index >= 15 is 0 Å². The lowest BCUT2D eigenvalue weighted by Gasteiger charge is -2.07. The molecule has 0 spiro atoms. The summed E-state index contributed by atoms with van der Waals surface area (Å²) in [4.78, 5) is 37.2. The van der Waals surface area contributed by atoms with Gasteiger partial charge in [0, 0.05) is 29.3 Å². The van der Waals surface area contributed by atoms with Crippen molar-refractivity contribution < 1.29 is 24.1 Å². The molecule has 3 rings (SSSR count). The van der Waals surface area contributed by atoms with Crippen molar-refractivity contribution in [2.75, 3.05) is 0 Å². The Kier molecular flexibility index (Phi) is 7.40. The molecule has 0 radical (unpaired) electrons. The van der Waals surface area contributed by atoms with Gasteiger partial charge in [0.05, 0.1) is 9.85 Å². The van der Waals surface area contributed by atoms with Crippen LogP contribution in [0.2, 0.25) is 0 Å². The molecule has 1 aromatic heterocycles.